The molecule has 0 amide bonds. The van der Waals surface area contributed by atoms with Gasteiger partial charge >= 0.3 is 0 Å². The van der Waals surface area contributed by atoms with E-state index in [1.807, 2.05) is 36.4 Å². The van der Waals surface area contributed by atoms with E-state index >= 15 is 0 Å². The second-order valence-electron chi connectivity index (χ2n) is 7.88. The number of hydrogen-bond acceptors (Lipinski definition) is 3. The molecule has 2 aromatic rings. The number of aromatic hydroxyl groups is 1. The highest BCUT2D eigenvalue weighted by Crippen LogP contribution is 2.45. The maximum absolute atomic E-state index is 10.1. The van der Waals surface area contributed by atoms with Gasteiger partial charge in [-0.2, -0.15) is 0 Å². The van der Waals surface area contributed by atoms with Gasteiger partial charge in [-0.1, -0.05) is 51.0 Å². The van der Waals surface area contributed by atoms with Crippen molar-refractivity contribution in [3.8, 4) is 11.5 Å². The van der Waals surface area contributed by atoms with Crippen LogP contribution in [0.5, 0.6) is 11.5 Å². The Morgan fingerprint density at radius 2 is 1.75 bits per heavy atom. The van der Waals surface area contributed by atoms with Crippen LogP contribution in [0.3, 0.4) is 0 Å². The molecule has 0 bridgehead atoms. The molecule has 0 saturated carbocycles. The summed E-state index contributed by atoms with van der Waals surface area (Å²) in [5, 5.41) is 10.1. The Hall–Kier alpha value is -2.04. The van der Waals surface area contributed by atoms with Crippen molar-refractivity contribution in [3.05, 3.63) is 59.7 Å². The quantitative estimate of drug-likeness (QED) is 0.645. The van der Waals surface area contributed by atoms with Crippen LogP contribution < -0.4 is 10.5 Å². The molecule has 4 N–H and O–H groups in total. The molecule has 0 heterocycles. The smallest absolute Gasteiger partial charge is 0.121 e. The maximum Gasteiger partial charge on any atom is 0.121 e. The summed E-state index contributed by atoms with van der Waals surface area (Å²) in [4.78, 5) is 0. The number of ether oxygens (including phenoxy) is 2. The highest BCUT2D eigenvalue weighted by Gasteiger charge is 2.49. The minimum absolute atomic E-state index is 0.0409. The summed E-state index contributed by atoms with van der Waals surface area (Å²) < 4.78 is 12.1. The van der Waals surface area contributed by atoms with Gasteiger partial charge in [-0.3, -0.25) is 0 Å². The van der Waals surface area contributed by atoms with Crippen molar-refractivity contribution in [1.29, 1.82) is 0 Å². The Bertz CT molecular complexity index is 741. The van der Waals surface area contributed by atoms with E-state index in [0.29, 0.717) is 19.0 Å². The average Bonchev–Trinajstić information content (AvgIpc) is 2.70. The first-order valence-corrected chi connectivity index (χ1v) is 10.6. The fraction of sp³-hybridized carbons (Fsp3) is 0.500. The van der Waals surface area contributed by atoms with Crippen LogP contribution in [0.15, 0.2) is 48.5 Å². The van der Waals surface area contributed by atoms with Crippen LogP contribution in [0.1, 0.15) is 50.7 Å². The van der Waals surface area contributed by atoms with Crippen molar-refractivity contribution < 1.29 is 20.3 Å². The lowest BCUT2D eigenvalue weighted by Crippen LogP contribution is -2.76. The zero-order chi connectivity index (χ0) is 20.0. The van der Waals surface area contributed by atoms with Gasteiger partial charge < -0.3 is 20.3 Å². The molecular weight excluding hydrogens is 350 g/mol. The van der Waals surface area contributed by atoms with Gasteiger partial charge in [-0.05, 0) is 48.2 Å². The van der Waals surface area contributed by atoms with Crippen LogP contribution in [0.25, 0.3) is 0 Å². The fourth-order valence-corrected chi connectivity index (χ4v) is 4.83. The molecule has 2 aromatic carbocycles. The Balaban J connectivity index is 1.75. The largest absolute Gasteiger partial charge is 0.508 e. The molecule has 0 saturated heterocycles. The van der Waals surface area contributed by atoms with Gasteiger partial charge in [0.1, 0.15) is 30.3 Å². The van der Waals surface area contributed by atoms with E-state index in [-0.39, 0.29) is 17.6 Å². The summed E-state index contributed by atoms with van der Waals surface area (Å²) in [6.07, 6.45) is 5.20. The molecule has 0 aromatic heterocycles. The monoisotopic (exact) mass is 384 g/mol. The number of phenols is 1. The number of phenolic OH excluding ortho intramolecular Hbond substituents is 1. The summed E-state index contributed by atoms with van der Waals surface area (Å²) in [6, 6.07) is 15.8. The zero-order valence-corrected chi connectivity index (χ0v) is 17.2. The number of para-hydroxylation sites is 1. The number of benzene rings is 2. The van der Waals surface area contributed by atoms with Crippen molar-refractivity contribution in [1.82, 2.24) is 0 Å². The molecule has 2 atom stereocenters. The predicted molar refractivity (Wildman–Crippen MR) is 112 cm³/mol. The molecule has 28 heavy (non-hydrogen) atoms. The Morgan fingerprint density at radius 3 is 2.43 bits per heavy atom. The lowest BCUT2D eigenvalue weighted by molar-refractivity contribution is -0.460. The summed E-state index contributed by atoms with van der Waals surface area (Å²) in [7, 11) is 0. The second-order valence-corrected chi connectivity index (χ2v) is 7.88. The minimum atomic E-state index is -0.0409. The van der Waals surface area contributed by atoms with Crippen molar-refractivity contribution in [3.63, 3.8) is 0 Å². The zero-order valence-electron chi connectivity index (χ0n) is 17.2. The fourth-order valence-electron chi connectivity index (χ4n) is 4.83. The molecule has 1 aliphatic carbocycles. The summed E-state index contributed by atoms with van der Waals surface area (Å²) in [6.45, 7) is 5.53. The van der Waals surface area contributed by atoms with Crippen molar-refractivity contribution in [2.24, 2.45) is 0 Å². The minimum Gasteiger partial charge on any atom is -0.508 e. The molecule has 1 aliphatic rings. The first-order chi connectivity index (χ1) is 13.6. The lowest BCUT2D eigenvalue weighted by atomic mass is 9.61. The third kappa shape index (κ3) is 4.34. The number of hydrogen-bond donors (Lipinski definition) is 2. The molecule has 0 spiro atoms. The maximum atomic E-state index is 10.1. The van der Waals surface area contributed by atoms with E-state index in [1.165, 1.54) is 11.1 Å². The molecule has 4 heteroatoms. The predicted octanol–water partition coefficient (Wildman–Crippen LogP) is 3.86. The number of fused-ring (bicyclic) bond motifs is 1. The van der Waals surface area contributed by atoms with Crippen LogP contribution in [-0.2, 0) is 16.6 Å². The van der Waals surface area contributed by atoms with Crippen molar-refractivity contribution >= 4 is 0 Å². The summed E-state index contributed by atoms with van der Waals surface area (Å²) in [5.74, 6) is 1.21. The molecule has 2 unspecified atom stereocenters. The normalized spacial score (nSPS) is 20.5. The van der Waals surface area contributed by atoms with Crippen LogP contribution in [0.2, 0.25) is 0 Å². The van der Waals surface area contributed by atoms with Crippen LogP contribution in [0, 0.1) is 0 Å². The Labute approximate surface area is 168 Å². The van der Waals surface area contributed by atoms with Crippen LogP contribution >= 0.6 is 0 Å². The number of quaternary nitrogens is 1. The van der Waals surface area contributed by atoms with Gasteiger partial charge in [-0.15, -0.1) is 0 Å². The summed E-state index contributed by atoms with van der Waals surface area (Å²) in [5.41, 5.74) is 7.11. The van der Waals surface area contributed by atoms with Gasteiger partial charge in [-0.25, -0.2) is 0 Å². The standard InChI is InChI=1S/C24H33NO3/c1-3-12-24(13-4-2)21-17-19(26)11-10-18(21)16-22(23(24)25)28-15-14-27-20-8-6-5-7-9-20/h5-11,17,22-23,26H,3-4,12-16,25H2,1-2H3/p+1. The molecule has 152 valence electrons. The lowest BCUT2D eigenvalue weighted by Gasteiger charge is -2.45. The third-order valence-electron chi connectivity index (χ3n) is 6.03. The highest BCUT2D eigenvalue weighted by molar-refractivity contribution is 5.44. The van der Waals surface area contributed by atoms with Crippen LogP contribution in [0.4, 0.5) is 0 Å². The van der Waals surface area contributed by atoms with E-state index in [2.05, 4.69) is 25.6 Å². The second kappa shape index (κ2) is 9.44. The molecule has 0 radical (unpaired) electrons. The van der Waals surface area contributed by atoms with E-state index in [1.54, 1.807) is 6.07 Å². The number of rotatable bonds is 9. The molecule has 4 nitrogen and oxygen atoms in total. The van der Waals surface area contributed by atoms with E-state index in [4.69, 9.17) is 9.47 Å². The van der Waals surface area contributed by atoms with Crippen molar-refractivity contribution in [2.75, 3.05) is 13.2 Å². The van der Waals surface area contributed by atoms with Crippen molar-refractivity contribution in [2.45, 2.75) is 63.5 Å². The third-order valence-corrected chi connectivity index (χ3v) is 6.03. The van der Waals surface area contributed by atoms with Gasteiger partial charge in [0.25, 0.3) is 0 Å². The SMILES string of the molecule is CCCC1(CCC)c2cc(O)ccc2CC(OCCOc2ccccc2)C1[NH3+]. The highest BCUT2D eigenvalue weighted by atomic mass is 16.5. The van der Waals surface area contributed by atoms with E-state index in [0.717, 1.165) is 37.9 Å². The van der Waals surface area contributed by atoms with Gasteiger partial charge in [0, 0.05) is 6.42 Å². The van der Waals surface area contributed by atoms with Crippen LogP contribution in [-0.4, -0.2) is 30.5 Å². The van der Waals surface area contributed by atoms with Gasteiger partial charge in [0.2, 0.25) is 0 Å². The van der Waals surface area contributed by atoms with Gasteiger partial charge in [0.05, 0.1) is 12.0 Å². The first kappa shape index (κ1) is 20.7. The first-order valence-electron chi connectivity index (χ1n) is 10.6. The Kier molecular flexibility index (Phi) is 6.97. The van der Waals surface area contributed by atoms with E-state index < -0.39 is 0 Å². The van der Waals surface area contributed by atoms with E-state index in [9.17, 15) is 5.11 Å². The molecular formula is C24H34NO3+. The molecule has 3 rings (SSSR count). The topological polar surface area (TPSA) is 66.3 Å². The van der Waals surface area contributed by atoms with Gasteiger partial charge in [0.15, 0.2) is 0 Å². The molecule has 0 aliphatic heterocycles. The molecule has 0 fully saturated rings. The average molecular weight is 385 g/mol. The Morgan fingerprint density at radius 1 is 1.04 bits per heavy atom. The summed E-state index contributed by atoms with van der Waals surface area (Å²) >= 11 is 0.